The van der Waals surface area contributed by atoms with Crippen molar-refractivity contribution < 1.29 is 18.0 Å². The van der Waals surface area contributed by atoms with Crippen molar-refractivity contribution >= 4 is 23.0 Å². The molecule has 1 saturated heterocycles. The maximum Gasteiger partial charge on any atom is 0.295 e. The number of hydrogen-bond donors (Lipinski definition) is 1. The summed E-state index contributed by atoms with van der Waals surface area (Å²) in [6, 6.07) is 11.0. The minimum atomic E-state index is -0.874. The van der Waals surface area contributed by atoms with Gasteiger partial charge in [0.15, 0.2) is 11.4 Å². The van der Waals surface area contributed by atoms with Gasteiger partial charge in [0.2, 0.25) is 0 Å². The molecule has 7 nitrogen and oxygen atoms in total. The molecular formula is C25H23F2N5O2. The van der Waals surface area contributed by atoms with Crippen LogP contribution in [0.3, 0.4) is 0 Å². The number of nitrogens with zero attached hydrogens (tertiary/aromatic N) is 4. The number of nitrogens with one attached hydrogen (secondary N) is 1. The van der Waals surface area contributed by atoms with E-state index in [2.05, 4.69) is 27.2 Å². The number of anilines is 1. The standard InChI is InChI=1S/C25H23F2N5O2/c1-15-6-4-11-32(20(15)14-30-25-31-19-7-2-3-8-21(19)34-25)24(33)17-12-16(26)13-18(27)22(17)23-28-9-5-10-29-23/h2-3,5,7-10,12-13,15,20H,4,6,11,14H2,1H3,(H,30,31). The second-order valence-electron chi connectivity index (χ2n) is 8.44. The number of oxazole rings is 1. The smallest absolute Gasteiger partial charge is 0.295 e. The van der Waals surface area contributed by atoms with E-state index in [-0.39, 0.29) is 28.9 Å². The molecule has 4 aromatic rings. The number of piperidine rings is 1. The number of carbonyl (C=O) groups excluding carboxylic acids is 1. The first kappa shape index (κ1) is 21.9. The molecule has 2 aromatic carbocycles. The molecule has 3 heterocycles. The third kappa shape index (κ3) is 4.21. The topological polar surface area (TPSA) is 84.2 Å². The molecule has 2 aromatic heterocycles. The van der Waals surface area contributed by atoms with Crippen molar-refractivity contribution in [2.24, 2.45) is 5.92 Å². The van der Waals surface area contributed by atoms with E-state index in [1.165, 1.54) is 12.4 Å². The monoisotopic (exact) mass is 463 g/mol. The highest BCUT2D eigenvalue weighted by molar-refractivity contribution is 6.00. The molecule has 1 aliphatic heterocycles. The van der Waals surface area contributed by atoms with E-state index in [0.717, 1.165) is 30.5 Å². The Morgan fingerprint density at radius 3 is 2.76 bits per heavy atom. The van der Waals surface area contributed by atoms with Gasteiger partial charge in [-0.2, -0.15) is 4.98 Å². The number of carbonyl (C=O) groups is 1. The van der Waals surface area contributed by atoms with Gasteiger partial charge in [-0.15, -0.1) is 0 Å². The van der Waals surface area contributed by atoms with Gasteiger partial charge in [0.1, 0.15) is 17.2 Å². The van der Waals surface area contributed by atoms with E-state index in [1.54, 1.807) is 11.0 Å². The lowest BCUT2D eigenvalue weighted by Crippen LogP contribution is -2.51. The van der Waals surface area contributed by atoms with Gasteiger partial charge >= 0.3 is 0 Å². The molecule has 0 aliphatic carbocycles. The van der Waals surface area contributed by atoms with Crippen LogP contribution >= 0.6 is 0 Å². The normalized spacial score (nSPS) is 18.3. The number of para-hydroxylation sites is 2. The molecule has 1 N–H and O–H groups in total. The van der Waals surface area contributed by atoms with Crippen LogP contribution < -0.4 is 5.32 Å². The summed E-state index contributed by atoms with van der Waals surface area (Å²) in [6.45, 7) is 2.91. The van der Waals surface area contributed by atoms with Gasteiger partial charge < -0.3 is 14.6 Å². The van der Waals surface area contributed by atoms with Gasteiger partial charge in [0.05, 0.1) is 17.2 Å². The van der Waals surface area contributed by atoms with Crippen LogP contribution in [0.1, 0.15) is 30.1 Å². The first-order chi connectivity index (χ1) is 16.5. The average molecular weight is 463 g/mol. The predicted octanol–water partition coefficient (Wildman–Crippen LogP) is 4.92. The molecule has 1 fully saturated rings. The maximum absolute atomic E-state index is 14.8. The number of amides is 1. The molecule has 2 atom stereocenters. The van der Waals surface area contributed by atoms with E-state index < -0.39 is 17.5 Å². The highest BCUT2D eigenvalue weighted by Crippen LogP contribution is 2.31. The Balaban J connectivity index is 1.45. The van der Waals surface area contributed by atoms with Crippen LogP contribution in [0, 0.1) is 17.6 Å². The SMILES string of the molecule is CC1CCCN(C(=O)c2cc(F)cc(F)c2-c2ncccn2)C1CNc1nc2ccccc2o1. The maximum atomic E-state index is 14.8. The largest absolute Gasteiger partial charge is 0.424 e. The van der Waals surface area contributed by atoms with Crippen LogP contribution in [0.5, 0.6) is 0 Å². The van der Waals surface area contributed by atoms with Gasteiger partial charge in [-0.05, 0) is 43.0 Å². The van der Waals surface area contributed by atoms with E-state index in [9.17, 15) is 13.6 Å². The summed E-state index contributed by atoms with van der Waals surface area (Å²) in [4.78, 5) is 27.9. The van der Waals surface area contributed by atoms with E-state index >= 15 is 0 Å². The van der Waals surface area contributed by atoms with Crippen LogP contribution in [0.2, 0.25) is 0 Å². The zero-order chi connectivity index (χ0) is 23.7. The Morgan fingerprint density at radius 1 is 1.18 bits per heavy atom. The first-order valence-corrected chi connectivity index (χ1v) is 11.2. The van der Waals surface area contributed by atoms with Crippen LogP contribution in [-0.4, -0.2) is 44.9 Å². The van der Waals surface area contributed by atoms with E-state index in [4.69, 9.17) is 4.42 Å². The number of rotatable bonds is 5. The van der Waals surface area contributed by atoms with E-state index in [0.29, 0.717) is 24.7 Å². The number of fused-ring (bicyclic) bond motifs is 1. The number of likely N-dealkylation sites (tertiary alicyclic amines) is 1. The van der Waals surface area contributed by atoms with E-state index in [1.807, 2.05) is 24.3 Å². The van der Waals surface area contributed by atoms with Gasteiger partial charge in [0.25, 0.3) is 11.9 Å². The number of hydrogen-bond acceptors (Lipinski definition) is 6. The molecule has 174 valence electrons. The van der Waals surface area contributed by atoms with Gasteiger partial charge in [-0.3, -0.25) is 4.79 Å². The van der Waals surface area contributed by atoms with Crippen molar-refractivity contribution in [3.05, 3.63) is 72.1 Å². The fourth-order valence-electron chi connectivity index (χ4n) is 4.50. The second-order valence-corrected chi connectivity index (χ2v) is 8.44. The lowest BCUT2D eigenvalue weighted by molar-refractivity contribution is 0.0539. The quantitative estimate of drug-likeness (QED) is 0.453. The number of halogens is 2. The van der Waals surface area contributed by atoms with Crippen LogP contribution in [0.15, 0.2) is 59.3 Å². The molecule has 2 unspecified atom stereocenters. The molecule has 0 spiro atoms. The second kappa shape index (κ2) is 9.17. The van der Waals surface area contributed by atoms with Crippen molar-refractivity contribution in [3.8, 4) is 11.4 Å². The Bertz CT molecular complexity index is 1290. The highest BCUT2D eigenvalue weighted by Gasteiger charge is 2.34. The molecule has 0 saturated carbocycles. The zero-order valence-electron chi connectivity index (χ0n) is 18.5. The molecule has 5 rings (SSSR count). The summed E-state index contributed by atoms with van der Waals surface area (Å²) in [5.41, 5.74) is 1.20. The van der Waals surface area contributed by atoms with Crippen LogP contribution in [0.4, 0.5) is 14.8 Å². The molecule has 1 amide bonds. The fraction of sp³-hybridized carbons (Fsp3) is 0.280. The molecule has 0 radical (unpaired) electrons. The van der Waals surface area contributed by atoms with Crippen molar-refractivity contribution in [1.29, 1.82) is 0 Å². The molecule has 9 heteroatoms. The minimum absolute atomic E-state index is 0.0366. The summed E-state index contributed by atoms with van der Waals surface area (Å²) in [7, 11) is 0. The highest BCUT2D eigenvalue weighted by atomic mass is 19.1. The molecule has 0 bridgehead atoms. The van der Waals surface area contributed by atoms with Crippen molar-refractivity contribution in [1.82, 2.24) is 19.9 Å². The van der Waals surface area contributed by atoms with Crippen molar-refractivity contribution in [2.45, 2.75) is 25.8 Å². The Morgan fingerprint density at radius 2 is 1.97 bits per heavy atom. The Labute approximate surface area is 194 Å². The summed E-state index contributed by atoms with van der Waals surface area (Å²) in [5, 5.41) is 3.20. The number of benzene rings is 2. The summed E-state index contributed by atoms with van der Waals surface area (Å²) in [6.07, 6.45) is 4.63. The zero-order valence-corrected chi connectivity index (χ0v) is 18.5. The Hall–Kier alpha value is -3.88. The summed E-state index contributed by atoms with van der Waals surface area (Å²) >= 11 is 0. The third-order valence-corrected chi connectivity index (χ3v) is 6.21. The number of aromatic nitrogens is 3. The van der Waals surface area contributed by atoms with Gasteiger partial charge in [0, 0.05) is 31.5 Å². The molecular weight excluding hydrogens is 440 g/mol. The Kier molecular flexibility index (Phi) is 5.91. The lowest BCUT2D eigenvalue weighted by atomic mass is 9.89. The summed E-state index contributed by atoms with van der Waals surface area (Å²) < 4.78 is 34.8. The van der Waals surface area contributed by atoms with Crippen LogP contribution in [-0.2, 0) is 0 Å². The fourth-order valence-corrected chi connectivity index (χ4v) is 4.50. The molecule has 1 aliphatic rings. The van der Waals surface area contributed by atoms with Gasteiger partial charge in [-0.25, -0.2) is 18.7 Å². The predicted molar refractivity (Wildman–Crippen MR) is 123 cm³/mol. The average Bonchev–Trinajstić information content (AvgIpc) is 3.26. The minimum Gasteiger partial charge on any atom is -0.424 e. The van der Waals surface area contributed by atoms with Crippen LogP contribution in [0.25, 0.3) is 22.5 Å². The molecule has 34 heavy (non-hydrogen) atoms. The van der Waals surface area contributed by atoms with Gasteiger partial charge in [-0.1, -0.05) is 19.1 Å². The van der Waals surface area contributed by atoms with Crippen molar-refractivity contribution in [2.75, 3.05) is 18.4 Å². The third-order valence-electron chi connectivity index (χ3n) is 6.21. The summed E-state index contributed by atoms with van der Waals surface area (Å²) in [5.74, 6) is -1.97. The first-order valence-electron chi connectivity index (χ1n) is 11.2. The van der Waals surface area contributed by atoms with Crippen molar-refractivity contribution in [3.63, 3.8) is 0 Å². The lowest BCUT2D eigenvalue weighted by Gasteiger charge is -2.40.